The number of para-hydroxylation sites is 1. The van der Waals surface area contributed by atoms with Gasteiger partial charge >= 0.3 is 0 Å². The third kappa shape index (κ3) is 3.52. The van der Waals surface area contributed by atoms with Crippen molar-refractivity contribution in [3.8, 4) is 17.1 Å². The standard InChI is InChI=1S/C22H23FN4O2/c23-15-5-6-19-18(13-15)22(25-21(24-19)17-3-1-2-4-20(17)28)27-10-8-26(9-11-27)16-7-12-29-14-16/h1-6,13,16,28H,7-12,14H2/t16-/m1/s1. The number of fused-ring (bicyclic) bond motifs is 1. The minimum absolute atomic E-state index is 0.131. The van der Waals surface area contributed by atoms with E-state index in [4.69, 9.17) is 9.72 Å². The molecular formula is C22H23FN4O2. The van der Waals surface area contributed by atoms with Crippen LogP contribution in [-0.4, -0.2) is 65.4 Å². The Morgan fingerprint density at radius 1 is 1.03 bits per heavy atom. The molecule has 0 aliphatic carbocycles. The molecule has 0 unspecified atom stereocenters. The van der Waals surface area contributed by atoms with Gasteiger partial charge in [0.25, 0.3) is 0 Å². The molecule has 150 valence electrons. The molecule has 6 nitrogen and oxygen atoms in total. The number of phenols is 1. The van der Waals surface area contributed by atoms with Crippen LogP contribution in [0.2, 0.25) is 0 Å². The van der Waals surface area contributed by atoms with Crippen molar-refractivity contribution in [2.45, 2.75) is 12.5 Å². The number of benzene rings is 2. The van der Waals surface area contributed by atoms with Gasteiger partial charge in [-0.15, -0.1) is 0 Å². The zero-order chi connectivity index (χ0) is 19.8. The lowest BCUT2D eigenvalue weighted by atomic mass is 10.1. The topological polar surface area (TPSA) is 61.7 Å². The van der Waals surface area contributed by atoms with E-state index in [1.54, 1.807) is 24.3 Å². The summed E-state index contributed by atoms with van der Waals surface area (Å²) in [4.78, 5) is 14.0. The first-order valence-electron chi connectivity index (χ1n) is 10.0. The highest BCUT2D eigenvalue weighted by Gasteiger charge is 2.28. The number of aromatic nitrogens is 2. The van der Waals surface area contributed by atoms with Crippen LogP contribution in [0.5, 0.6) is 5.75 Å². The van der Waals surface area contributed by atoms with Gasteiger partial charge in [-0.1, -0.05) is 12.1 Å². The number of aromatic hydroxyl groups is 1. The number of ether oxygens (including phenoxy) is 1. The summed E-state index contributed by atoms with van der Waals surface area (Å²) >= 11 is 0. The average Bonchev–Trinajstić information content (AvgIpc) is 3.28. The van der Waals surface area contributed by atoms with Gasteiger partial charge in [0.1, 0.15) is 17.4 Å². The third-order valence-electron chi connectivity index (χ3n) is 5.82. The van der Waals surface area contributed by atoms with Gasteiger partial charge in [-0.3, -0.25) is 4.90 Å². The Kier molecular flexibility index (Phi) is 4.77. The highest BCUT2D eigenvalue weighted by atomic mass is 19.1. The molecule has 2 aliphatic rings. The largest absolute Gasteiger partial charge is 0.507 e. The lowest BCUT2D eigenvalue weighted by Gasteiger charge is -2.38. The number of piperazine rings is 1. The van der Waals surface area contributed by atoms with Crippen LogP contribution < -0.4 is 4.90 Å². The first-order valence-corrected chi connectivity index (χ1v) is 10.0. The van der Waals surface area contributed by atoms with Gasteiger partial charge < -0.3 is 14.7 Å². The van der Waals surface area contributed by atoms with Crippen molar-refractivity contribution >= 4 is 16.7 Å². The molecule has 0 spiro atoms. The monoisotopic (exact) mass is 394 g/mol. The van der Waals surface area contributed by atoms with Crippen LogP contribution in [0.1, 0.15) is 6.42 Å². The van der Waals surface area contributed by atoms with Crippen LogP contribution in [-0.2, 0) is 4.74 Å². The summed E-state index contributed by atoms with van der Waals surface area (Å²) in [5.74, 6) is 0.990. The highest BCUT2D eigenvalue weighted by molar-refractivity contribution is 5.91. The molecule has 2 aliphatic heterocycles. The summed E-state index contributed by atoms with van der Waals surface area (Å²) in [7, 11) is 0. The smallest absolute Gasteiger partial charge is 0.165 e. The predicted molar refractivity (Wildman–Crippen MR) is 110 cm³/mol. The van der Waals surface area contributed by atoms with Crippen LogP contribution in [0.15, 0.2) is 42.5 Å². The van der Waals surface area contributed by atoms with Crippen molar-refractivity contribution in [2.24, 2.45) is 0 Å². The minimum Gasteiger partial charge on any atom is -0.507 e. The van der Waals surface area contributed by atoms with Gasteiger partial charge in [0, 0.05) is 44.2 Å². The van der Waals surface area contributed by atoms with E-state index < -0.39 is 0 Å². The van der Waals surface area contributed by atoms with Gasteiger partial charge in [-0.05, 0) is 36.8 Å². The van der Waals surface area contributed by atoms with Crippen LogP contribution in [0, 0.1) is 5.82 Å². The van der Waals surface area contributed by atoms with E-state index in [1.807, 2.05) is 6.07 Å². The van der Waals surface area contributed by atoms with Crippen LogP contribution in [0.3, 0.4) is 0 Å². The zero-order valence-corrected chi connectivity index (χ0v) is 16.1. The molecule has 2 aromatic carbocycles. The molecule has 2 saturated heterocycles. The SMILES string of the molecule is Oc1ccccc1-c1nc(N2CCN([C@@H]3CCOC3)CC2)c2cc(F)ccc2n1. The molecule has 2 fully saturated rings. The van der Waals surface area contributed by atoms with Crippen LogP contribution in [0.4, 0.5) is 10.2 Å². The van der Waals surface area contributed by atoms with Gasteiger partial charge in [-0.25, -0.2) is 14.4 Å². The van der Waals surface area contributed by atoms with E-state index in [1.165, 1.54) is 12.1 Å². The fourth-order valence-electron chi connectivity index (χ4n) is 4.22. The van der Waals surface area contributed by atoms with Gasteiger partial charge in [0.2, 0.25) is 0 Å². The Hall–Kier alpha value is -2.77. The van der Waals surface area contributed by atoms with Crippen LogP contribution >= 0.6 is 0 Å². The number of phenolic OH excluding ortho intramolecular Hbond substituents is 1. The molecule has 1 aromatic heterocycles. The number of rotatable bonds is 3. The van der Waals surface area contributed by atoms with Gasteiger partial charge in [-0.2, -0.15) is 0 Å². The highest BCUT2D eigenvalue weighted by Crippen LogP contribution is 2.32. The maximum atomic E-state index is 14.0. The fraction of sp³-hybridized carbons (Fsp3) is 0.364. The van der Waals surface area contributed by atoms with Gasteiger partial charge in [0.05, 0.1) is 17.7 Å². The lowest BCUT2D eigenvalue weighted by Crippen LogP contribution is -2.50. The number of hydrogen-bond donors (Lipinski definition) is 1. The van der Waals surface area contributed by atoms with Crippen LogP contribution in [0.25, 0.3) is 22.3 Å². The molecule has 0 amide bonds. The molecule has 0 bridgehead atoms. The maximum Gasteiger partial charge on any atom is 0.165 e. The predicted octanol–water partition coefficient (Wildman–Crippen LogP) is 3.05. The van der Waals surface area contributed by atoms with E-state index in [-0.39, 0.29) is 11.6 Å². The van der Waals surface area contributed by atoms with Crippen molar-refractivity contribution in [1.82, 2.24) is 14.9 Å². The summed E-state index contributed by atoms with van der Waals surface area (Å²) in [6.07, 6.45) is 1.08. The van der Waals surface area contributed by atoms with Crippen molar-refractivity contribution in [2.75, 3.05) is 44.3 Å². The molecule has 3 aromatic rings. The molecule has 0 saturated carbocycles. The number of hydrogen-bond acceptors (Lipinski definition) is 6. The van der Waals surface area contributed by atoms with Crippen molar-refractivity contribution < 1.29 is 14.2 Å². The Morgan fingerprint density at radius 2 is 1.86 bits per heavy atom. The summed E-state index contributed by atoms with van der Waals surface area (Å²) in [5, 5.41) is 11.0. The van der Waals surface area contributed by atoms with E-state index in [0.717, 1.165) is 51.6 Å². The molecule has 29 heavy (non-hydrogen) atoms. The first kappa shape index (κ1) is 18.3. The van der Waals surface area contributed by atoms with E-state index in [9.17, 15) is 9.50 Å². The normalized spacial score (nSPS) is 20.4. The fourth-order valence-corrected chi connectivity index (χ4v) is 4.22. The zero-order valence-electron chi connectivity index (χ0n) is 16.1. The summed E-state index contributed by atoms with van der Waals surface area (Å²) in [5.41, 5.74) is 1.24. The molecule has 1 atom stereocenters. The van der Waals surface area contributed by atoms with Crippen molar-refractivity contribution in [1.29, 1.82) is 0 Å². The molecular weight excluding hydrogens is 371 g/mol. The van der Waals surface area contributed by atoms with E-state index >= 15 is 0 Å². The minimum atomic E-state index is -0.306. The first-order chi connectivity index (χ1) is 14.2. The number of anilines is 1. The Bertz CT molecular complexity index is 1030. The van der Waals surface area contributed by atoms with E-state index in [0.29, 0.717) is 28.3 Å². The molecule has 5 rings (SSSR count). The van der Waals surface area contributed by atoms with E-state index in [2.05, 4.69) is 14.8 Å². The lowest BCUT2D eigenvalue weighted by molar-refractivity contribution is 0.139. The number of nitrogens with zero attached hydrogens (tertiary/aromatic N) is 4. The second kappa shape index (κ2) is 7.57. The third-order valence-corrected chi connectivity index (χ3v) is 5.82. The molecule has 3 heterocycles. The quantitative estimate of drug-likeness (QED) is 0.737. The Morgan fingerprint density at radius 3 is 2.62 bits per heavy atom. The summed E-state index contributed by atoms with van der Waals surface area (Å²) < 4.78 is 19.5. The summed E-state index contributed by atoms with van der Waals surface area (Å²) in [6, 6.07) is 12.1. The second-order valence-electron chi connectivity index (χ2n) is 7.59. The maximum absolute atomic E-state index is 14.0. The molecule has 0 radical (unpaired) electrons. The van der Waals surface area contributed by atoms with Crippen molar-refractivity contribution in [3.63, 3.8) is 0 Å². The second-order valence-corrected chi connectivity index (χ2v) is 7.59. The summed E-state index contributed by atoms with van der Waals surface area (Å²) in [6.45, 7) is 5.09. The average molecular weight is 394 g/mol. The van der Waals surface area contributed by atoms with Gasteiger partial charge in [0.15, 0.2) is 5.82 Å². The van der Waals surface area contributed by atoms with Crippen molar-refractivity contribution in [3.05, 3.63) is 48.3 Å². The number of halogens is 1. The Balaban J connectivity index is 1.52. The molecule has 7 heteroatoms. The molecule has 1 N–H and O–H groups in total. The Labute approximate surface area is 168 Å².